The maximum atomic E-state index is 10.1. The van der Waals surface area contributed by atoms with Crippen molar-refractivity contribution in [2.75, 3.05) is 0 Å². The minimum Gasteiger partial charge on any atom is -0.447 e. The van der Waals surface area contributed by atoms with Gasteiger partial charge in [0.15, 0.2) is 17.8 Å². The van der Waals surface area contributed by atoms with Crippen molar-refractivity contribution >= 4 is 17.6 Å². The topological polar surface area (TPSA) is 29.6 Å². The van der Waals surface area contributed by atoms with Gasteiger partial charge in [-0.3, -0.25) is 4.79 Å². The van der Waals surface area contributed by atoms with Gasteiger partial charge in [-0.2, -0.15) is 0 Å². The predicted molar refractivity (Wildman–Crippen MR) is 29.8 cm³/mol. The van der Waals surface area contributed by atoms with Crippen LogP contribution < -0.4 is 4.74 Å². The summed E-state index contributed by atoms with van der Waals surface area (Å²) in [6.45, 7) is 0. The first-order chi connectivity index (χ1) is 3.92. The third-order valence-corrected chi connectivity index (χ3v) is 1.89. The van der Waals surface area contributed by atoms with Crippen LogP contribution in [0.1, 0.15) is 9.67 Å². The zero-order chi connectivity index (χ0) is 5.56. The van der Waals surface area contributed by atoms with Crippen molar-refractivity contribution in [2.45, 2.75) is 0 Å². The van der Waals surface area contributed by atoms with Gasteiger partial charge >= 0.3 is 0 Å². The largest absolute Gasteiger partial charge is 0.447 e. The van der Waals surface area contributed by atoms with Crippen LogP contribution in [0.4, 0.5) is 0 Å². The lowest BCUT2D eigenvalue weighted by Crippen LogP contribution is -1.65. The Bertz CT molecular complexity index is 239. The van der Waals surface area contributed by atoms with Gasteiger partial charge in [0.1, 0.15) is 4.88 Å². The highest BCUT2D eigenvalue weighted by Crippen LogP contribution is 2.51. The van der Waals surface area contributed by atoms with E-state index in [0.717, 1.165) is 17.8 Å². The lowest BCUT2D eigenvalue weighted by Gasteiger charge is -1.73. The van der Waals surface area contributed by atoms with E-state index in [4.69, 9.17) is 4.74 Å². The van der Waals surface area contributed by atoms with Crippen molar-refractivity contribution < 1.29 is 9.53 Å². The number of fused-ring (bicyclic) bond motifs is 1. The van der Waals surface area contributed by atoms with E-state index in [2.05, 4.69) is 0 Å². The molecule has 0 aliphatic carbocycles. The van der Waals surface area contributed by atoms with Gasteiger partial charge in [0, 0.05) is 5.38 Å². The maximum Gasteiger partial charge on any atom is 0.191 e. The summed E-state index contributed by atoms with van der Waals surface area (Å²) in [4.78, 5) is 10.8. The first kappa shape index (κ1) is 4.09. The minimum atomic E-state index is 0.708. The molecule has 0 radical (unpaired) electrons. The lowest BCUT2D eigenvalue weighted by atomic mass is 10.5. The van der Waals surface area contributed by atoms with Gasteiger partial charge in [-0.1, -0.05) is 0 Å². The van der Waals surface area contributed by atoms with Crippen LogP contribution in [0.25, 0.3) is 0 Å². The molecule has 2 nitrogen and oxygen atoms in total. The van der Waals surface area contributed by atoms with Crippen LogP contribution in [0.2, 0.25) is 0 Å². The summed E-state index contributed by atoms with van der Waals surface area (Å²) in [5.41, 5.74) is 0. The average molecular weight is 126 g/mol. The van der Waals surface area contributed by atoms with Gasteiger partial charge in [-0.15, -0.1) is 11.3 Å². The second kappa shape index (κ2) is 1.11. The van der Waals surface area contributed by atoms with E-state index in [0.29, 0.717) is 4.88 Å². The zero-order valence-corrected chi connectivity index (χ0v) is 4.70. The summed E-state index contributed by atoms with van der Waals surface area (Å²) in [7, 11) is 0. The number of aldehydes is 1. The van der Waals surface area contributed by atoms with Crippen LogP contribution in [0.5, 0.6) is 11.5 Å². The Kier molecular flexibility index (Phi) is 0.569. The third kappa shape index (κ3) is 0.344. The van der Waals surface area contributed by atoms with Gasteiger partial charge < -0.3 is 4.74 Å². The van der Waals surface area contributed by atoms with Crippen molar-refractivity contribution in [3.05, 3.63) is 10.3 Å². The molecule has 1 aliphatic rings. The molecule has 0 fully saturated rings. The van der Waals surface area contributed by atoms with E-state index >= 15 is 0 Å². The highest BCUT2D eigenvalue weighted by atomic mass is 32.1. The molecule has 0 spiro atoms. The molecular weight excluding hydrogens is 124 g/mol. The third-order valence-electron chi connectivity index (χ3n) is 1.02. The molecule has 1 aromatic rings. The molecule has 0 unspecified atom stereocenters. The first-order valence-electron chi connectivity index (χ1n) is 2.16. The van der Waals surface area contributed by atoms with Gasteiger partial charge in [-0.05, 0) is 0 Å². The lowest BCUT2D eigenvalue weighted by molar-refractivity contribution is 0.112. The maximum absolute atomic E-state index is 10.1. The van der Waals surface area contributed by atoms with E-state index in [-0.39, 0.29) is 0 Å². The van der Waals surface area contributed by atoms with Crippen molar-refractivity contribution in [3.63, 3.8) is 0 Å². The Morgan fingerprint density at radius 3 is 2.88 bits per heavy atom. The van der Waals surface area contributed by atoms with Crippen LogP contribution in [-0.4, -0.2) is 6.29 Å². The molecule has 3 heteroatoms. The van der Waals surface area contributed by atoms with E-state index in [1.807, 2.05) is 5.38 Å². The Balaban J connectivity index is 2.62. The van der Waals surface area contributed by atoms with Gasteiger partial charge in [-0.25, -0.2) is 0 Å². The molecule has 0 saturated carbocycles. The van der Waals surface area contributed by atoms with E-state index < -0.39 is 0 Å². The van der Waals surface area contributed by atoms with E-state index in [9.17, 15) is 4.79 Å². The fraction of sp³-hybridized carbons (Fsp3) is 0. The Labute approximate surface area is 49.7 Å². The first-order valence-corrected chi connectivity index (χ1v) is 3.04. The molecule has 2 rings (SSSR count). The molecule has 0 atom stereocenters. The van der Waals surface area contributed by atoms with Gasteiger partial charge in [0.25, 0.3) is 0 Å². The number of hydrogen-bond acceptors (Lipinski definition) is 3. The molecule has 1 aromatic heterocycles. The fourth-order valence-corrected chi connectivity index (χ4v) is 1.28. The predicted octanol–water partition coefficient (Wildman–Crippen LogP) is 1.67. The van der Waals surface area contributed by atoms with E-state index in [1.54, 1.807) is 0 Å². The van der Waals surface area contributed by atoms with Crippen molar-refractivity contribution in [1.29, 1.82) is 0 Å². The normalized spacial score (nSPS) is 12.0. The molecule has 0 N–H and O–H groups in total. The summed E-state index contributed by atoms with van der Waals surface area (Å²) in [5, 5.41) is 1.83. The van der Waals surface area contributed by atoms with Crippen molar-refractivity contribution in [3.8, 4) is 11.5 Å². The van der Waals surface area contributed by atoms with Crippen LogP contribution in [0.15, 0.2) is 5.38 Å². The van der Waals surface area contributed by atoms with Crippen LogP contribution in [0, 0.1) is 0 Å². The molecule has 0 bridgehead atoms. The molecule has 0 amide bonds. The Morgan fingerprint density at radius 1 is 1.75 bits per heavy atom. The van der Waals surface area contributed by atoms with Crippen molar-refractivity contribution in [1.82, 2.24) is 0 Å². The minimum absolute atomic E-state index is 0.708. The summed E-state index contributed by atoms with van der Waals surface area (Å²) in [6.07, 6.45) is 0.816. The standard InChI is InChI=1S/C5H2O2S/c6-1-4-5-3(7-5)2-8-4/h1-2H. The number of carbonyl (C=O) groups is 1. The molecule has 1 aliphatic heterocycles. The molecule has 0 aromatic carbocycles. The Morgan fingerprint density at radius 2 is 2.62 bits per heavy atom. The number of hydrogen-bond donors (Lipinski definition) is 0. The molecule has 0 saturated heterocycles. The van der Waals surface area contributed by atoms with Crippen LogP contribution >= 0.6 is 11.3 Å². The monoisotopic (exact) mass is 126 g/mol. The molecular formula is C5H2O2S. The second-order valence-electron chi connectivity index (χ2n) is 1.51. The SMILES string of the molecule is O=Cc1scc2c1O2. The van der Waals surface area contributed by atoms with Crippen molar-refractivity contribution in [2.24, 2.45) is 0 Å². The number of thiophene rings is 1. The molecule has 2 heterocycles. The number of ether oxygens (including phenoxy) is 1. The highest BCUT2D eigenvalue weighted by Gasteiger charge is 2.26. The quantitative estimate of drug-likeness (QED) is 0.429. The van der Waals surface area contributed by atoms with Gasteiger partial charge in [0.2, 0.25) is 0 Å². The highest BCUT2D eigenvalue weighted by molar-refractivity contribution is 7.12. The summed E-state index contributed by atoms with van der Waals surface area (Å²) < 4.78 is 4.84. The Hall–Kier alpha value is -0.830. The number of carbonyl (C=O) groups excluding carboxylic acids is 1. The zero-order valence-electron chi connectivity index (χ0n) is 3.88. The van der Waals surface area contributed by atoms with Gasteiger partial charge in [0.05, 0.1) is 0 Å². The average Bonchev–Trinajstić information content (AvgIpc) is 2.46. The second-order valence-corrected chi connectivity index (χ2v) is 2.42. The molecule has 40 valence electrons. The van der Waals surface area contributed by atoms with Crippen LogP contribution in [-0.2, 0) is 0 Å². The summed E-state index contributed by atoms with van der Waals surface area (Å²) in [6, 6.07) is 0. The van der Waals surface area contributed by atoms with E-state index in [1.165, 1.54) is 11.3 Å². The summed E-state index contributed by atoms with van der Waals surface area (Å²) in [5.74, 6) is 1.65. The number of rotatable bonds is 1. The molecule has 8 heavy (non-hydrogen) atoms. The summed E-state index contributed by atoms with van der Waals surface area (Å²) >= 11 is 1.42. The van der Waals surface area contributed by atoms with Crippen LogP contribution in [0.3, 0.4) is 0 Å². The smallest absolute Gasteiger partial charge is 0.191 e. The fourth-order valence-electron chi connectivity index (χ4n) is 0.586.